The molecule has 1 heterocycles. The predicted octanol–water partition coefficient (Wildman–Crippen LogP) is 2.15. The van der Waals surface area contributed by atoms with E-state index in [4.69, 9.17) is 9.52 Å². The summed E-state index contributed by atoms with van der Waals surface area (Å²) >= 11 is 0. The second-order valence-corrected chi connectivity index (χ2v) is 4.46. The Balaban J connectivity index is 2.78. The minimum Gasteiger partial charge on any atom is -0.481 e. The molecular weight excluding hydrogens is 220 g/mol. The average Bonchev–Trinajstić information content (AvgIpc) is 2.54. The fourth-order valence-corrected chi connectivity index (χ4v) is 1.90. The molecule has 0 radical (unpaired) electrons. The average molecular weight is 240 g/mol. The van der Waals surface area contributed by atoms with Gasteiger partial charge < -0.3 is 9.52 Å². The van der Waals surface area contributed by atoms with Crippen LogP contribution in [0.1, 0.15) is 43.7 Å². The second kappa shape index (κ2) is 5.31. The molecule has 2 atom stereocenters. The van der Waals surface area contributed by atoms with Gasteiger partial charge in [0, 0.05) is 13.0 Å². The van der Waals surface area contributed by atoms with Crippen LogP contribution in [0.5, 0.6) is 0 Å². The molecule has 0 aliphatic rings. The van der Waals surface area contributed by atoms with E-state index in [9.17, 15) is 4.79 Å². The first kappa shape index (κ1) is 13.7. The number of aryl methyl sites for hydroxylation is 2. The van der Waals surface area contributed by atoms with Crippen molar-refractivity contribution in [2.24, 2.45) is 0 Å². The first-order chi connectivity index (χ1) is 7.82. The zero-order valence-electron chi connectivity index (χ0n) is 11.0. The van der Waals surface area contributed by atoms with Crippen molar-refractivity contribution in [2.45, 2.75) is 46.2 Å². The van der Waals surface area contributed by atoms with E-state index in [0.717, 1.165) is 11.5 Å². The van der Waals surface area contributed by atoms with Crippen molar-refractivity contribution in [3.05, 3.63) is 17.3 Å². The smallest absolute Gasteiger partial charge is 0.304 e. The first-order valence-electron chi connectivity index (χ1n) is 5.70. The number of carboxylic acids is 1. The Morgan fingerprint density at radius 3 is 2.47 bits per heavy atom. The highest BCUT2D eigenvalue weighted by Gasteiger charge is 2.23. The van der Waals surface area contributed by atoms with Gasteiger partial charge in [0.25, 0.3) is 0 Å². The fourth-order valence-electron chi connectivity index (χ4n) is 1.90. The van der Waals surface area contributed by atoms with E-state index >= 15 is 0 Å². The van der Waals surface area contributed by atoms with Crippen LogP contribution >= 0.6 is 0 Å². The topological polar surface area (TPSA) is 66.6 Å². The van der Waals surface area contributed by atoms with Gasteiger partial charge in [0.2, 0.25) is 0 Å². The minimum absolute atomic E-state index is 0.0427. The van der Waals surface area contributed by atoms with Crippen molar-refractivity contribution >= 4 is 5.97 Å². The van der Waals surface area contributed by atoms with E-state index in [2.05, 4.69) is 4.98 Å². The summed E-state index contributed by atoms with van der Waals surface area (Å²) < 4.78 is 5.39. The van der Waals surface area contributed by atoms with Crippen LogP contribution in [0, 0.1) is 13.8 Å². The number of hydrogen-bond acceptors (Lipinski definition) is 4. The standard InChI is InChI=1S/C12H20N2O3/c1-7(6-11(15)16)14(5)8(2)12-9(3)17-10(4)13-12/h7-8H,6H2,1-5H3,(H,15,16). The number of aliphatic carboxylic acids is 1. The molecule has 0 aliphatic heterocycles. The van der Waals surface area contributed by atoms with Gasteiger partial charge in [-0.1, -0.05) is 0 Å². The number of carboxylic acid groups (broad SMARTS) is 1. The van der Waals surface area contributed by atoms with E-state index in [-0.39, 0.29) is 18.5 Å². The third-order valence-electron chi connectivity index (χ3n) is 3.11. The van der Waals surface area contributed by atoms with Gasteiger partial charge in [-0.3, -0.25) is 9.69 Å². The van der Waals surface area contributed by atoms with E-state index < -0.39 is 5.97 Å². The zero-order valence-corrected chi connectivity index (χ0v) is 11.0. The maximum absolute atomic E-state index is 10.7. The second-order valence-electron chi connectivity index (χ2n) is 4.46. The Morgan fingerprint density at radius 2 is 2.06 bits per heavy atom. The molecule has 0 aliphatic carbocycles. The van der Waals surface area contributed by atoms with E-state index in [1.165, 1.54) is 0 Å². The molecule has 0 saturated carbocycles. The summed E-state index contributed by atoms with van der Waals surface area (Å²) in [6.45, 7) is 7.58. The summed E-state index contributed by atoms with van der Waals surface area (Å²) in [5.41, 5.74) is 0.877. The number of aromatic nitrogens is 1. The van der Waals surface area contributed by atoms with E-state index in [0.29, 0.717) is 5.89 Å². The highest BCUT2D eigenvalue weighted by molar-refractivity contribution is 5.67. The molecule has 0 aromatic carbocycles. The van der Waals surface area contributed by atoms with Crippen molar-refractivity contribution in [2.75, 3.05) is 7.05 Å². The maximum Gasteiger partial charge on any atom is 0.304 e. The maximum atomic E-state index is 10.7. The van der Waals surface area contributed by atoms with Crippen LogP contribution in [0.15, 0.2) is 4.42 Å². The molecule has 0 fully saturated rings. The van der Waals surface area contributed by atoms with E-state index in [1.807, 2.05) is 39.6 Å². The van der Waals surface area contributed by atoms with Crippen LogP contribution < -0.4 is 0 Å². The summed E-state index contributed by atoms with van der Waals surface area (Å²) in [5.74, 6) is 0.651. The molecule has 1 rings (SSSR count). The summed E-state index contributed by atoms with van der Waals surface area (Å²) in [4.78, 5) is 17.0. The third kappa shape index (κ3) is 3.30. The summed E-state index contributed by atoms with van der Waals surface area (Å²) in [5, 5.41) is 8.78. The molecule has 0 spiro atoms. The molecule has 1 N–H and O–H groups in total. The number of rotatable bonds is 5. The summed E-state index contributed by atoms with van der Waals surface area (Å²) in [6, 6.07) is 0.000654. The van der Waals surface area contributed by atoms with Crippen molar-refractivity contribution < 1.29 is 14.3 Å². The van der Waals surface area contributed by atoms with Gasteiger partial charge in [-0.05, 0) is 27.8 Å². The molecular formula is C12H20N2O3. The molecule has 5 nitrogen and oxygen atoms in total. The monoisotopic (exact) mass is 240 g/mol. The van der Waals surface area contributed by atoms with Crippen molar-refractivity contribution in [3.8, 4) is 0 Å². The normalized spacial score (nSPS) is 14.9. The predicted molar refractivity (Wildman–Crippen MR) is 63.9 cm³/mol. The molecule has 96 valence electrons. The number of carbonyl (C=O) groups is 1. The highest BCUT2D eigenvalue weighted by Crippen LogP contribution is 2.24. The highest BCUT2D eigenvalue weighted by atomic mass is 16.4. The molecule has 2 unspecified atom stereocenters. The fraction of sp³-hybridized carbons (Fsp3) is 0.667. The molecule has 1 aromatic rings. The van der Waals surface area contributed by atoms with Crippen molar-refractivity contribution in [1.29, 1.82) is 0 Å². The lowest BCUT2D eigenvalue weighted by Gasteiger charge is -2.28. The zero-order chi connectivity index (χ0) is 13.2. The largest absolute Gasteiger partial charge is 0.481 e. The van der Waals surface area contributed by atoms with Crippen LogP contribution in [-0.4, -0.2) is 34.0 Å². The number of hydrogen-bond donors (Lipinski definition) is 1. The van der Waals surface area contributed by atoms with Gasteiger partial charge in [0.1, 0.15) is 5.76 Å². The van der Waals surface area contributed by atoms with Crippen LogP contribution in [0.25, 0.3) is 0 Å². The van der Waals surface area contributed by atoms with Gasteiger partial charge in [0.15, 0.2) is 5.89 Å². The summed E-state index contributed by atoms with van der Waals surface area (Å²) in [7, 11) is 1.90. The minimum atomic E-state index is -0.787. The van der Waals surface area contributed by atoms with Gasteiger partial charge in [-0.2, -0.15) is 0 Å². The van der Waals surface area contributed by atoms with Crippen molar-refractivity contribution in [1.82, 2.24) is 9.88 Å². The van der Waals surface area contributed by atoms with Gasteiger partial charge in [0.05, 0.1) is 18.2 Å². The molecule has 17 heavy (non-hydrogen) atoms. The summed E-state index contributed by atoms with van der Waals surface area (Å²) in [6.07, 6.45) is 0.122. The quantitative estimate of drug-likeness (QED) is 0.854. The molecule has 1 aromatic heterocycles. The Morgan fingerprint density at radius 1 is 1.47 bits per heavy atom. The number of oxazole rings is 1. The van der Waals surface area contributed by atoms with Crippen molar-refractivity contribution in [3.63, 3.8) is 0 Å². The Kier molecular flexibility index (Phi) is 4.28. The molecule has 0 amide bonds. The SMILES string of the molecule is Cc1nc(C(C)N(C)C(C)CC(=O)O)c(C)o1. The Bertz CT molecular complexity index is 400. The lowest BCUT2D eigenvalue weighted by molar-refractivity contribution is -0.138. The lowest BCUT2D eigenvalue weighted by Crippen LogP contribution is -2.33. The van der Waals surface area contributed by atoms with Crippen LogP contribution in [0.4, 0.5) is 0 Å². The van der Waals surface area contributed by atoms with Crippen LogP contribution in [0.2, 0.25) is 0 Å². The van der Waals surface area contributed by atoms with Gasteiger partial charge in [-0.15, -0.1) is 0 Å². The Labute approximate surface area is 101 Å². The lowest BCUT2D eigenvalue weighted by atomic mass is 10.1. The third-order valence-corrected chi connectivity index (χ3v) is 3.11. The molecule has 0 saturated heterocycles. The molecule has 0 bridgehead atoms. The molecule has 5 heteroatoms. The number of nitrogens with zero attached hydrogens (tertiary/aromatic N) is 2. The van der Waals surface area contributed by atoms with Crippen LogP contribution in [-0.2, 0) is 4.79 Å². The van der Waals surface area contributed by atoms with Crippen LogP contribution in [0.3, 0.4) is 0 Å². The van der Waals surface area contributed by atoms with Gasteiger partial charge in [-0.25, -0.2) is 4.98 Å². The van der Waals surface area contributed by atoms with E-state index in [1.54, 1.807) is 0 Å². The van der Waals surface area contributed by atoms with Gasteiger partial charge >= 0.3 is 5.97 Å². The first-order valence-corrected chi connectivity index (χ1v) is 5.70. The Hall–Kier alpha value is -1.36.